The van der Waals surface area contributed by atoms with E-state index in [-0.39, 0.29) is 6.79 Å². The Kier molecular flexibility index (Phi) is 4.54. The average molecular weight is 439 g/mol. The van der Waals surface area contributed by atoms with Crippen molar-refractivity contribution in [2.75, 3.05) is 21.0 Å². The SMILES string of the molecule is COc1ccc(-c2nnc3c4cc5c(cc4n(Cc4cccc(OC)c4)cc2-3)OCO5)cc1. The fourth-order valence-electron chi connectivity index (χ4n) is 4.29. The summed E-state index contributed by atoms with van der Waals surface area (Å²) in [4.78, 5) is 0. The molecule has 3 aromatic rings. The van der Waals surface area contributed by atoms with Crippen LogP contribution >= 0.6 is 0 Å². The van der Waals surface area contributed by atoms with Crippen LogP contribution in [0.15, 0.2) is 66.9 Å². The van der Waals surface area contributed by atoms with Gasteiger partial charge in [0, 0.05) is 35.3 Å². The van der Waals surface area contributed by atoms with Gasteiger partial charge in [0.05, 0.1) is 19.7 Å². The van der Waals surface area contributed by atoms with Gasteiger partial charge in [0.1, 0.15) is 22.9 Å². The molecule has 0 unspecified atom stereocenters. The standard InChI is InChI=1S/C26H21N3O4/c1-30-18-8-6-17(7-9-18)25-21-14-29(13-16-4-3-5-19(10-16)31-2)22-12-24-23(32-15-33-24)11-20(22)26(21)28-27-25/h3-12,14H,13,15H2,1-2H3. The van der Waals surface area contributed by atoms with Crippen molar-refractivity contribution in [3.05, 3.63) is 72.4 Å². The van der Waals surface area contributed by atoms with Gasteiger partial charge in [-0.3, -0.25) is 0 Å². The third-order valence-electron chi connectivity index (χ3n) is 5.95. The first-order valence-electron chi connectivity index (χ1n) is 10.6. The number of benzene rings is 3. The Morgan fingerprint density at radius 2 is 1.61 bits per heavy atom. The van der Waals surface area contributed by atoms with Crippen LogP contribution in [0.25, 0.3) is 33.4 Å². The van der Waals surface area contributed by atoms with Crippen LogP contribution in [0, 0.1) is 0 Å². The van der Waals surface area contributed by atoms with Gasteiger partial charge < -0.3 is 23.5 Å². The summed E-state index contributed by atoms with van der Waals surface area (Å²) in [6.07, 6.45) is 2.11. The molecular weight excluding hydrogens is 418 g/mol. The van der Waals surface area contributed by atoms with Crippen molar-refractivity contribution in [3.8, 4) is 45.5 Å². The third kappa shape index (κ3) is 3.29. The lowest BCUT2D eigenvalue weighted by molar-refractivity contribution is 0.174. The van der Waals surface area contributed by atoms with Crippen LogP contribution in [0.5, 0.6) is 23.0 Å². The second kappa shape index (κ2) is 7.70. The zero-order valence-corrected chi connectivity index (χ0v) is 18.2. The highest BCUT2D eigenvalue weighted by atomic mass is 16.7. The minimum atomic E-state index is 0.217. The maximum Gasteiger partial charge on any atom is 0.231 e. The number of nitrogens with zero attached hydrogens (tertiary/aromatic N) is 3. The summed E-state index contributed by atoms with van der Waals surface area (Å²) >= 11 is 0. The molecule has 33 heavy (non-hydrogen) atoms. The molecule has 0 radical (unpaired) electrons. The van der Waals surface area contributed by atoms with Crippen LogP contribution in [0.3, 0.4) is 0 Å². The van der Waals surface area contributed by atoms with Gasteiger partial charge in [-0.25, -0.2) is 0 Å². The van der Waals surface area contributed by atoms with E-state index in [1.54, 1.807) is 14.2 Å². The van der Waals surface area contributed by atoms with E-state index in [0.29, 0.717) is 6.54 Å². The summed E-state index contributed by atoms with van der Waals surface area (Å²) in [6, 6.07) is 19.9. The Bertz CT molecular complexity index is 1440. The molecule has 0 N–H and O–H groups in total. The molecule has 3 aliphatic heterocycles. The summed E-state index contributed by atoms with van der Waals surface area (Å²) in [6.45, 7) is 0.866. The number of fused-ring (bicyclic) bond motifs is 4. The predicted octanol–water partition coefficient (Wildman–Crippen LogP) is 5.00. The summed E-state index contributed by atoms with van der Waals surface area (Å²) < 4.78 is 24.2. The maximum absolute atomic E-state index is 5.65. The smallest absolute Gasteiger partial charge is 0.231 e. The van der Waals surface area contributed by atoms with E-state index in [9.17, 15) is 0 Å². The Morgan fingerprint density at radius 1 is 0.848 bits per heavy atom. The molecule has 0 atom stereocenters. The molecule has 7 nitrogen and oxygen atoms in total. The van der Waals surface area contributed by atoms with Gasteiger partial charge in [0.25, 0.3) is 0 Å². The molecule has 0 saturated heterocycles. The van der Waals surface area contributed by atoms with Crippen LogP contribution < -0.4 is 18.9 Å². The fourth-order valence-corrected chi connectivity index (χ4v) is 4.29. The second-order valence-electron chi connectivity index (χ2n) is 7.87. The molecule has 3 aliphatic rings. The van der Waals surface area contributed by atoms with Gasteiger partial charge >= 0.3 is 0 Å². The molecule has 0 aromatic heterocycles. The van der Waals surface area contributed by atoms with Crippen LogP contribution in [0.1, 0.15) is 5.56 Å². The van der Waals surface area contributed by atoms with Crippen molar-refractivity contribution >= 4 is 10.9 Å². The van der Waals surface area contributed by atoms with Gasteiger partial charge in [0.15, 0.2) is 11.5 Å². The molecule has 0 spiro atoms. The molecule has 3 heterocycles. The highest BCUT2D eigenvalue weighted by Gasteiger charge is 2.24. The van der Waals surface area contributed by atoms with Crippen LogP contribution in [0.4, 0.5) is 0 Å². The van der Waals surface area contributed by atoms with E-state index < -0.39 is 0 Å². The molecule has 3 aromatic carbocycles. The van der Waals surface area contributed by atoms with Gasteiger partial charge in [-0.1, -0.05) is 12.1 Å². The minimum absolute atomic E-state index is 0.217. The topological polar surface area (TPSA) is 67.6 Å². The Balaban J connectivity index is 1.55. The predicted molar refractivity (Wildman–Crippen MR) is 124 cm³/mol. The van der Waals surface area contributed by atoms with Gasteiger partial charge in [0.2, 0.25) is 6.79 Å². The summed E-state index contributed by atoms with van der Waals surface area (Å²) in [5, 5.41) is 10.1. The second-order valence-corrected chi connectivity index (χ2v) is 7.87. The first-order valence-corrected chi connectivity index (χ1v) is 10.6. The molecule has 0 aliphatic carbocycles. The lowest BCUT2D eigenvalue weighted by Crippen LogP contribution is -2.04. The molecule has 7 heteroatoms. The number of hydrogen-bond donors (Lipinski definition) is 0. The average Bonchev–Trinajstić information content (AvgIpc) is 3.50. The third-order valence-corrected chi connectivity index (χ3v) is 5.95. The highest BCUT2D eigenvalue weighted by molar-refractivity contribution is 5.99. The lowest BCUT2D eigenvalue weighted by atomic mass is 10.0. The maximum atomic E-state index is 5.65. The largest absolute Gasteiger partial charge is 0.497 e. The normalized spacial score (nSPS) is 12.4. The molecular formula is C26H21N3O4. The van der Waals surface area contributed by atoms with Crippen LogP contribution in [-0.2, 0) is 6.54 Å². The summed E-state index contributed by atoms with van der Waals surface area (Å²) in [5.74, 6) is 3.08. The monoisotopic (exact) mass is 439 g/mol. The number of ether oxygens (including phenoxy) is 4. The molecule has 0 fully saturated rings. The fraction of sp³-hybridized carbons (Fsp3) is 0.154. The summed E-state index contributed by atoms with van der Waals surface area (Å²) in [7, 11) is 3.33. The number of pyridine rings is 1. The summed E-state index contributed by atoms with van der Waals surface area (Å²) in [5.41, 5.74) is 5.72. The van der Waals surface area contributed by atoms with Crippen LogP contribution in [0.2, 0.25) is 0 Å². The number of aromatic nitrogens is 3. The van der Waals surface area contributed by atoms with Gasteiger partial charge in [-0.05, 0) is 48.0 Å². The van der Waals surface area contributed by atoms with Crippen molar-refractivity contribution in [3.63, 3.8) is 0 Å². The van der Waals surface area contributed by atoms with Crippen molar-refractivity contribution in [2.24, 2.45) is 0 Å². The Labute approximate surface area is 190 Å². The van der Waals surface area contributed by atoms with E-state index in [4.69, 9.17) is 18.9 Å². The first-order chi connectivity index (χ1) is 16.2. The zero-order valence-electron chi connectivity index (χ0n) is 18.2. The molecule has 0 saturated carbocycles. The van der Waals surface area contributed by atoms with Crippen molar-refractivity contribution < 1.29 is 18.9 Å². The van der Waals surface area contributed by atoms with Crippen molar-refractivity contribution in [2.45, 2.75) is 6.54 Å². The molecule has 6 rings (SSSR count). The lowest BCUT2D eigenvalue weighted by Gasteiger charge is -2.16. The number of rotatable bonds is 5. The quantitative estimate of drug-likeness (QED) is 0.384. The van der Waals surface area contributed by atoms with E-state index in [1.807, 2.05) is 54.6 Å². The van der Waals surface area contributed by atoms with E-state index >= 15 is 0 Å². The molecule has 0 bridgehead atoms. The zero-order chi connectivity index (χ0) is 22.4. The van der Waals surface area contributed by atoms with Gasteiger partial charge in [-0.2, -0.15) is 0 Å². The van der Waals surface area contributed by atoms with E-state index in [1.165, 1.54) is 0 Å². The molecule has 0 amide bonds. The minimum Gasteiger partial charge on any atom is -0.497 e. The Hall–Kier alpha value is -4.26. The Morgan fingerprint density at radius 3 is 2.39 bits per heavy atom. The van der Waals surface area contributed by atoms with Crippen LogP contribution in [-0.4, -0.2) is 35.8 Å². The van der Waals surface area contributed by atoms with Crippen molar-refractivity contribution in [1.82, 2.24) is 14.8 Å². The van der Waals surface area contributed by atoms with Crippen molar-refractivity contribution in [1.29, 1.82) is 0 Å². The van der Waals surface area contributed by atoms with E-state index in [2.05, 4.69) is 27.0 Å². The van der Waals surface area contributed by atoms with Gasteiger partial charge in [-0.15, -0.1) is 10.2 Å². The number of hydrogen-bond acceptors (Lipinski definition) is 6. The molecule has 164 valence electrons. The van der Waals surface area contributed by atoms with E-state index in [0.717, 1.165) is 62.0 Å². The first kappa shape index (κ1) is 19.4. The number of methoxy groups -OCH3 is 2. The highest BCUT2D eigenvalue weighted by Crippen LogP contribution is 2.42.